The Morgan fingerprint density at radius 3 is 3.06 bits per heavy atom. The SMILES string of the molecule is C#CCn1cnc2c(N)nc(SCCC)nc21. The zero-order valence-electron chi connectivity index (χ0n) is 9.55. The number of hydrogen-bond acceptors (Lipinski definition) is 5. The zero-order chi connectivity index (χ0) is 12.3. The Balaban J connectivity index is 2.45. The molecular formula is C11H13N5S. The van der Waals surface area contributed by atoms with Crippen LogP contribution in [-0.2, 0) is 6.54 Å². The first kappa shape index (κ1) is 11.7. The molecule has 88 valence electrons. The summed E-state index contributed by atoms with van der Waals surface area (Å²) in [6, 6.07) is 0. The number of imidazole rings is 1. The number of nitrogens with two attached hydrogens (primary N) is 1. The molecule has 0 amide bonds. The summed E-state index contributed by atoms with van der Waals surface area (Å²) in [6.07, 6.45) is 8.00. The van der Waals surface area contributed by atoms with E-state index in [9.17, 15) is 0 Å². The van der Waals surface area contributed by atoms with Crippen LogP contribution in [0, 0.1) is 12.3 Å². The van der Waals surface area contributed by atoms with Gasteiger partial charge in [0.25, 0.3) is 0 Å². The first-order valence-electron chi connectivity index (χ1n) is 5.31. The molecule has 0 aromatic carbocycles. The fraction of sp³-hybridized carbons (Fsp3) is 0.364. The normalized spacial score (nSPS) is 10.6. The summed E-state index contributed by atoms with van der Waals surface area (Å²) in [5.74, 6) is 3.93. The van der Waals surface area contributed by atoms with E-state index in [0.717, 1.165) is 12.2 Å². The highest BCUT2D eigenvalue weighted by Gasteiger charge is 2.10. The molecule has 5 nitrogen and oxygen atoms in total. The fourth-order valence-electron chi connectivity index (χ4n) is 1.42. The van der Waals surface area contributed by atoms with Gasteiger partial charge < -0.3 is 10.3 Å². The van der Waals surface area contributed by atoms with E-state index in [1.807, 2.05) is 0 Å². The van der Waals surface area contributed by atoms with Gasteiger partial charge >= 0.3 is 0 Å². The maximum atomic E-state index is 5.85. The van der Waals surface area contributed by atoms with Crippen molar-refractivity contribution in [3.63, 3.8) is 0 Å². The van der Waals surface area contributed by atoms with E-state index >= 15 is 0 Å². The highest BCUT2D eigenvalue weighted by Crippen LogP contribution is 2.21. The van der Waals surface area contributed by atoms with Crippen molar-refractivity contribution < 1.29 is 0 Å². The summed E-state index contributed by atoms with van der Waals surface area (Å²) in [7, 11) is 0. The van der Waals surface area contributed by atoms with Crippen LogP contribution in [0.15, 0.2) is 11.5 Å². The summed E-state index contributed by atoms with van der Waals surface area (Å²) in [5.41, 5.74) is 7.16. The molecular weight excluding hydrogens is 234 g/mol. The van der Waals surface area contributed by atoms with Gasteiger partial charge in [0.05, 0.1) is 12.9 Å². The summed E-state index contributed by atoms with van der Waals surface area (Å²) in [4.78, 5) is 12.8. The number of thioether (sulfide) groups is 1. The lowest BCUT2D eigenvalue weighted by molar-refractivity contribution is 0.843. The average molecular weight is 247 g/mol. The summed E-state index contributed by atoms with van der Waals surface area (Å²) < 4.78 is 1.80. The van der Waals surface area contributed by atoms with Crippen LogP contribution in [0.1, 0.15) is 13.3 Å². The molecule has 0 aliphatic rings. The average Bonchev–Trinajstić information content (AvgIpc) is 2.71. The van der Waals surface area contributed by atoms with Gasteiger partial charge in [-0.2, -0.15) is 0 Å². The van der Waals surface area contributed by atoms with Crippen LogP contribution in [-0.4, -0.2) is 25.3 Å². The van der Waals surface area contributed by atoms with E-state index in [1.165, 1.54) is 0 Å². The largest absolute Gasteiger partial charge is 0.382 e. The van der Waals surface area contributed by atoms with Crippen LogP contribution in [0.25, 0.3) is 11.2 Å². The molecule has 0 unspecified atom stereocenters. The lowest BCUT2D eigenvalue weighted by Gasteiger charge is -2.02. The maximum absolute atomic E-state index is 5.85. The third-order valence-corrected chi connectivity index (χ3v) is 3.22. The predicted octanol–water partition coefficient (Wildman–Crippen LogP) is 1.54. The highest BCUT2D eigenvalue weighted by atomic mass is 32.2. The quantitative estimate of drug-likeness (QED) is 0.504. The van der Waals surface area contributed by atoms with Gasteiger partial charge in [-0.25, -0.2) is 15.0 Å². The molecule has 2 rings (SSSR count). The lowest BCUT2D eigenvalue weighted by atomic mass is 10.5. The van der Waals surface area contributed by atoms with Crippen molar-refractivity contribution in [1.82, 2.24) is 19.5 Å². The van der Waals surface area contributed by atoms with Crippen LogP contribution in [0.3, 0.4) is 0 Å². The fourth-order valence-corrected chi connectivity index (χ4v) is 2.12. The van der Waals surface area contributed by atoms with E-state index in [2.05, 4.69) is 27.8 Å². The molecule has 2 aromatic heterocycles. The molecule has 2 heterocycles. The Hall–Kier alpha value is -1.74. The lowest BCUT2D eigenvalue weighted by Crippen LogP contribution is -2.00. The predicted molar refractivity (Wildman–Crippen MR) is 69.6 cm³/mol. The Bertz CT molecular complexity index is 569. The van der Waals surface area contributed by atoms with E-state index < -0.39 is 0 Å². The Labute approximate surface area is 104 Å². The van der Waals surface area contributed by atoms with Crippen molar-refractivity contribution in [3.8, 4) is 12.3 Å². The summed E-state index contributed by atoms with van der Waals surface area (Å²) in [5, 5.41) is 0.677. The second kappa shape index (κ2) is 5.06. The molecule has 0 fully saturated rings. The Morgan fingerprint density at radius 1 is 1.53 bits per heavy atom. The highest BCUT2D eigenvalue weighted by molar-refractivity contribution is 7.99. The molecule has 0 radical (unpaired) electrons. The van der Waals surface area contributed by atoms with Crippen LogP contribution in [0.5, 0.6) is 0 Å². The van der Waals surface area contributed by atoms with Crippen molar-refractivity contribution in [2.24, 2.45) is 0 Å². The molecule has 0 aliphatic heterocycles. The van der Waals surface area contributed by atoms with Gasteiger partial charge in [-0.15, -0.1) is 6.42 Å². The van der Waals surface area contributed by atoms with Crippen LogP contribution in [0.2, 0.25) is 0 Å². The van der Waals surface area contributed by atoms with Crippen molar-refractivity contribution >= 4 is 28.7 Å². The summed E-state index contributed by atoms with van der Waals surface area (Å²) in [6.45, 7) is 2.54. The van der Waals surface area contributed by atoms with E-state index in [-0.39, 0.29) is 0 Å². The number of rotatable bonds is 4. The van der Waals surface area contributed by atoms with Gasteiger partial charge in [0, 0.05) is 5.75 Å². The number of aromatic nitrogens is 4. The number of nitrogens with zero attached hydrogens (tertiary/aromatic N) is 4. The number of hydrogen-bond donors (Lipinski definition) is 1. The van der Waals surface area contributed by atoms with Crippen LogP contribution >= 0.6 is 11.8 Å². The molecule has 2 N–H and O–H groups in total. The topological polar surface area (TPSA) is 69.6 Å². The van der Waals surface area contributed by atoms with Gasteiger partial charge in [-0.1, -0.05) is 24.6 Å². The zero-order valence-corrected chi connectivity index (χ0v) is 10.4. The Morgan fingerprint density at radius 2 is 2.35 bits per heavy atom. The minimum atomic E-state index is 0.407. The van der Waals surface area contributed by atoms with E-state index in [1.54, 1.807) is 22.7 Å². The minimum Gasteiger partial charge on any atom is -0.382 e. The van der Waals surface area contributed by atoms with Gasteiger partial charge in [-0.05, 0) is 6.42 Å². The van der Waals surface area contributed by atoms with Gasteiger partial charge in [0.15, 0.2) is 16.6 Å². The molecule has 0 saturated heterocycles. The molecule has 0 aliphatic carbocycles. The molecule has 0 bridgehead atoms. The number of anilines is 1. The minimum absolute atomic E-state index is 0.407. The van der Waals surface area contributed by atoms with E-state index in [0.29, 0.717) is 28.7 Å². The second-order valence-corrected chi connectivity index (χ2v) is 4.55. The van der Waals surface area contributed by atoms with Crippen LogP contribution in [0.4, 0.5) is 5.82 Å². The van der Waals surface area contributed by atoms with Crippen molar-refractivity contribution in [1.29, 1.82) is 0 Å². The van der Waals surface area contributed by atoms with E-state index in [4.69, 9.17) is 12.2 Å². The van der Waals surface area contributed by atoms with Crippen LogP contribution < -0.4 is 5.73 Å². The third kappa shape index (κ3) is 2.34. The molecule has 0 atom stereocenters. The van der Waals surface area contributed by atoms with Crippen molar-refractivity contribution in [2.45, 2.75) is 25.0 Å². The molecule has 6 heteroatoms. The standard InChI is InChI=1S/C11H13N5S/c1-3-5-16-7-13-8-9(12)14-11(15-10(8)16)17-6-4-2/h1,7H,4-6H2,2H3,(H2,12,14,15). The van der Waals surface area contributed by atoms with Crippen molar-refractivity contribution in [3.05, 3.63) is 6.33 Å². The van der Waals surface area contributed by atoms with Gasteiger partial charge in [0.1, 0.15) is 5.52 Å². The molecule has 2 aromatic rings. The monoisotopic (exact) mass is 247 g/mol. The first-order valence-corrected chi connectivity index (χ1v) is 6.29. The maximum Gasteiger partial charge on any atom is 0.191 e. The molecule has 17 heavy (non-hydrogen) atoms. The third-order valence-electron chi connectivity index (χ3n) is 2.17. The first-order chi connectivity index (χ1) is 8.26. The van der Waals surface area contributed by atoms with Crippen molar-refractivity contribution in [2.75, 3.05) is 11.5 Å². The van der Waals surface area contributed by atoms with Gasteiger partial charge in [-0.3, -0.25) is 0 Å². The second-order valence-electron chi connectivity index (χ2n) is 3.49. The summed E-state index contributed by atoms with van der Waals surface area (Å²) >= 11 is 1.58. The smallest absolute Gasteiger partial charge is 0.191 e. The number of nitrogen functional groups attached to an aromatic ring is 1. The molecule has 0 spiro atoms. The number of fused-ring (bicyclic) bond motifs is 1. The molecule has 0 saturated carbocycles. The Kier molecular flexibility index (Phi) is 3.49. The van der Waals surface area contributed by atoms with Gasteiger partial charge in [0.2, 0.25) is 0 Å². The number of terminal acetylenes is 1.